The predicted octanol–water partition coefficient (Wildman–Crippen LogP) is 4.24. The lowest BCUT2D eigenvalue weighted by Gasteiger charge is -2.26. The van der Waals surface area contributed by atoms with E-state index in [1.54, 1.807) is 4.90 Å². The summed E-state index contributed by atoms with van der Waals surface area (Å²) in [6.45, 7) is 2.25. The van der Waals surface area contributed by atoms with Crippen molar-refractivity contribution in [2.45, 2.75) is 31.0 Å². The van der Waals surface area contributed by atoms with Crippen LogP contribution in [0.4, 0.5) is 0 Å². The first-order valence-electron chi connectivity index (χ1n) is 10.0. The van der Waals surface area contributed by atoms with E-state index in [1.165, 1.54) is 32.2 Å². The Kier molecular flexibility index (Phi) is 7.90. The Hall–Kier alpha value is -2.87. The van der Waals surface area contributed by atoms with E-state index in [9.17, 15) is 13.2 Å². The molecular formula is C24H25ClN2O4S. The molecular weight excluding hydrogens is 448 g/mol. The first kappa shape index (κ1) is 23.8. The number of benzene rings is 3. The minimum absolute atomic E-state index is 0.0411. The van der Waals surface area contributed by atoms with Crippen LogP contribution in [0, 0.1) is 0 Å². The van der Waals surface area contributed by atoms with E-state index in [0.717, 1.165) is 11.1 Å². The highest BCUT2D eigenvalue weighted by Crippen LogP contribution is 2.27. The molecule has 0 spiro atoms. The molecule has 3 rings (SSSR count). The molecule has 32 heavy (non-hydrogen) atoms. The number of hydrogen-bond donors (Lipinski definition) is 1. The summed E-state index contributed by atoms with van der Waals surface area (Å²) in [5, 5.41) is 0.170. The minimum Gasteiger partial charge on any atom is -0.495 e. The van der Waals surface area contributed by atoms with E-state index in [2.05, 4.69) is 4.72 Å². The summed E-state index contributed by atoms with van der Waals surface area (Å²) in [5.41, 5.74) is 1.91. The molecule has 1 N–H and O–H groups in total. The third-order valence-corrected chi connectivity index (χ3v) is 6.71. The average molecular weight is 473 g/mol. The molecule has 6 nitrogen and oxygen atoms in total. The molecule has 0 saturated carbocycles. The van der Waals surface area contributed by atoms with E-state index in [1.807, 2.05) is 60.7 Å². The minimum atomic E-state index is -3.97. The van der Waals surface area contributed by atoms with Gasteiger partial charge in [-0.05, 0) is 36.2 Å². The number of carbonyl (C=O) groups excluding carboxylic acids is 1. The normalized spacial score (nSPS) is 12.2. The Morgan fingerprint density at radius 2 is 1.50 bits per heavy atom. The molecule has 168 valence electrons. The Labute approximate surface area is 193 Å². The molecule has 0 unspecified atom stereocenters. The molecule has 8 heteroatoms. The third-order valence-electron chi connectivity index (χ3n) is 4.88. The van der Waals surface area contributed by atoms with E-state index in [0.29, 0.717) is 18.8 Å². The van der Waals surface area contributed by atoms with Gasteiger partial charge in [0.15, 0.2) is 0 Å². The van der Waals surface area contributed by atoms with E-state index >= 15 is 0 Å². The number of rotatable bonds is 9. The lowest BCUT2D eigenvalue weighted by atomic mass is 10.1. The molecule has 1 atom stereocenters. The van der Waals surface area contributed by atoms with Gasteiger partial charge in [-0.3, -0.25) is 4.79 Å². The zero-order valence-electron chi connectivity index (χ0n) is 17.9. The number of nitrogens with one attached hydrogen (secondary N) is 1. The van der Waals surface area contributed by atoms with Crippen molar-refractivity contribution in [2.75, 3.05) is 7.11 Å². The second-order valence-corrected chi connectivity index (χ2v) is 9.43. The standard InChI is InChI=1S/C24H25ClN2O4S/c1-18(26-32(29,30)21-13-14-23(31-2)22(25)15-21)24(28)27(16-19-9-5-3-6-10-19)17-20-11-7-4-8-12-20/h3-15,18,26H,16-17H2,1-2H3/t18-/m1/s1. The van der Waals surface area contributed by atoms with Crippen molar-refractivity contribution in [3.8, 4) is 5.75 Å². The molecule has 0 aromatic heterocycles. The second-order valence-electron chi connectivity index (χ2n) is 7.30. The van der Waals surface area contributed by atoms with Crippen molar-refractivity contribution >= 4 is 27.5 Å². The maximum absolute atomic E-state index is 13.3. The molecule has 3 aromatic rings. The monoisotopic (exact) mass is 472 g/mol. The zero-order chi connectivity index (χ0) is 23.1. The number of methoxy groups -OCH3 is 1. The van der Waals surface area contributed by atoms with Gasteiger partial charge in [0.1, 0.15) is 5.75 Å². The quantitative estimate of drug-likeness (QED) is 0.505. The van der Waals surface area contributed by atoms with Gasteiger partial charge < -0.3 is 9.64 Å². The first-order chi connectivity index (χ1) is 15.3. The molecule has 0 fully saturated rings. The van der Waals surface area contributed by atoms with Gasteiger partial charge in [0.2, 0.25) is 15.9 Å². The van der Waals surface area contributed by atoms with Crippen LogP contribution in [0.2, 0.25) is 5.02 Å². The Balaban J connectivity index is 1.80. The fraction of sp³-hybridized carbons (Fsp3) is 0.208. The topological polar surface area (TPSA) is 75.7 Å². The van der Waals surface area contributed by atoms with Crippen LogP contribution in [0.25, 0.3) is 0 Å². The molecule has 1 amide bonds. The van der Waals surface area contributed by atoms with Crippen molar-refractivity contribution < 1.29 is 17.9 Å². The fourth-order valence-electron chi connectivity index (χ4n) is 3.26. The maximum atomic E-state index is 13.3. The van der Waals surface area contributed by atoms with Gasteiger partial charge >= 0.3 is 0 Å². The summed E-state index contributed by atoms with van der Waals surface area (Å²) in [6.07, 6.45) is 0. The smallest absolute Gasteiger partial charge is 0.241 e. The van der Waals surface area contributed by atoms with E-state index in [-0.39, 0.29) is 15.8 Å². The highest BCUT2D eigenvalue weighted by molar-refractivity contribution is 7.89. The van der Waals surface area contributed by atoms with Crippen molar-refractivity contribution in [1.29, 1.82) is 0 Å². The Bertz CT molecular complexity index is 1110. The number of ether oxygens (including phenoxy) is 1. The van der Waals surface area contributed by atoms with Crippen LogP contribution in [0.1, 0.15) is 18.1 Å². The molecule has 0 saturated heterocycles. The average Bonchev–Trinajstić information content (AvgIpc) is 2.79. The Morgan fingerprint density at radius 1 is 0.969 bits per heavy atom. The third kappa shape index (κ3) is 6.09. The van der Waals surface area contributed by atoms with Crippen LogP contribution in [0.5, 0.6) is 5.75 Å². The highest BCUT2D eigenvalue weighted by Gasteiger charge is 2.26. The van der Waals surface area contributed by atoms with Crippen LogP contribution in [0.15, 0.2) is 83.8 Å². The van der Waals surface area contributed by atoms with Gasteiger partial charge in [0.25, 0.3) is 0 Å². The van der Waals surface area contributed by atoms with Gasteiger partial charge in [0.05, 0.1) is 23.1 Å². The molecule has 0 aliphatic heterocycles. The molecule has 0 aliphatic carbocycles. The highest BCUT2D eigenvalue weighted by atomic mass is 35.5. The summed E-state index contributed by atoms with van der Waals surface area (Å²) in [4.78, 5) is 14.9. The van der Waals surface area contributed by atoms with Crippen LogP contribution in [0.3, 0.4) is 0 Å². The van der Waals surface area contributed by atoms with Crippen molar-refractivity contribution in [2.24, 2.45) is 0 Å². The van der Waals surface area contributed by atoms with Crippen LogP contribution in [-0.2, 0) is 27.9 Å². The van der Waals surface area contributed by atoms with Crippen LogP contribution >= 0.6 is 11.6 Å². The van der Waals surface area contributed by atoms with E-state index in [4.69, 9.17) is 16.3 Å². The second kappa shape index (κ2) is 10.6. The number of carbonyl (C=O) groups is 1. The Morgan fingerprint density at radius 3 is 1.97 bits per heavy atom. The summed E-state index contributed by atoms with van der Waals surface area (Å²) in [5.74, 6) is 0.0347. The lowest BCUT2D eigenvalue weighted by Crippen LogP contribution is -2.46. The maximum Gasteiger partial charge on any atom is 0.241 e. The van der Waals surface area contributed by atoms with Gasteiger partial charge in [-0.15, -0.1) is 0 Å². The number of hydrogen-bond acceptors (Lipinski definition) is 4. The summed E-state index contributed by atoms with van der Waals surface area (Å²) in [7, 11) is -2.52. The predicted molar refractivity (Wildman–Crippen MR) is 125 cm³/mol. The molecule has 0 bridgehead atoms. The number of halogens is 1. The molecule has 0 radical (unpaired) electrons. The number of amides is 1. The number of sulfonamides is 1. The van der Waals surface area contributed by atoms with Gasteiger partial charge in [0, 0.05) is 13.1 Å². The van der Waals surface area contributed by atoms with Crippen molar-refractivity contribution in [3.63, 3.8) is 0 Å². The van der Waals surface area contributed by atoms with Crippen LogP contribution in [-0.4, -0.2) is 32.4 Å². The SMILES string of the molecule is COc1ccc(S(=O)(=O)N[C@H](C)C(=O)N(Cc2ccccc2)Cc2ccccc2)cc1Cl. The van der Waals surface area contributed by atoms with Crippen molar-refractivity contribution in [1.82, 2.24) is 9.62 Å². The largest absolute Gasteiger partial charge is 0.495 e. The van der Waals surface area contributed by atoms with Crippen molar-refractivity contribution in [3.05, 3.63) is 95.0 Å². The summed E-state index contributed by atoms with van der Waals surface area (Å²) in [6, 6.07) is 22.3. The zero-order valence-corrected chi connectivity index (χ0v) is 19.4. The summed E-state index contributed by atoms with van der Waals surface area (Å²) < 4.78 is 33.3. The van der Waals surface area contributed by atoms with Crippen LogP contribution < -0.4 is 9.46 Å². The van der Waals surface area contributed by atoms with Gasteiger partial charge in [-0.2, -0.15) is 4.72 Å². The van der Waals surface area contributed by atoms with Gasteiger partial charge in [-0.1, -0.05) is 72.3 Å². The van der Waals surface area contributed by atoms with Gasteiger partial charge in [-0.25, -0.2) is 8.42 Å². The number of nitrogens with zero attached hydrogens (tertiary/aromatic N) is 1. The summed E-state index contributed by atoms with van der Waals surface area (Å²) >= 11 is 6.07. The first-order valence-corrected chi connectivity index (χ1v) is 11.9. The molecule has 3 aromatic carbocycles. The molecule has 0 aliphatic rings. The lowest BCUT2D eigenvalue weighted by molar-refractivity contribution is -0.133. The molecule has 0 heterocycles. The van der Waals surface area contributed by atoms with E-state index < -0.39 is 16.1 Å². The fourth-order valence-corrected chi connectivity index (χ4v) is 4.80.